The van der Waals surface area contributed by atoms with Crippen molar-refractivity contribution in [3.63, 3.8) is 0 Å². The number of nitrogens with zero attached hydrogens (tertiary/aromatic N) is 2. The number of carbonyl (C=O) groups is 1. The van der Waals surface area contributed by atoms with E-state index in [1.165, 1.54) is 0 Å². The molecule has 2 aromatic heterocycles. The van der Waals surface area contributed by atoms with Crippen molar-refractivity contribution in [2.75, 3.05) is 6.54 Å². The van der Waals surface area contributed by atoms with Crippen LogP contribution in [0.15, 0.2) is 45.7 Å². The standard InChI is InChI=1S/C19H21N3O3/c1-12(2)22-11-9-14(21-22)8-10-20-18(23)17-13(3)15-6-4-5-7-16(15)25-19(17)24/h4-7,9,11-12H,8,10H2,1-3H3,(H,20,23). The first-order valence-electron chi connectivity index (χ1n) is 8.32. The number of aromatic nitrogens is 2. The van der Waals surface area contributed by atoms with Crippen molar-refractivity contribution >= 4 is 16.9 Å². The summed E-state index contributed by atoms with van der Waals surface area (Å²) in [4.78, 5) is 24.6. The number of fused-ring (bicyclic) bond motifs is 1. The third kappa shape index (κ3) is 3.47. The number of carbonyl (C=O) groups excluding carboxylic acids is 1. The van der Waals surface area contributed by atoms with E-state index in [-0.39, 0.29) is 5.56 Å². The molecule has 1 N–H and O–H groups in total. The Labute approximate surface area is 145 Å². The first kappa shape index (κ1) is 17.0. The number of aryl methyl sites for hydroxylation is 1. The molecule has 6 heteroatoms. The van der Waals surface area contributed by atoms with E-state index < -0.39 is 11.5 Å². The summed E-state index contributed by atoms with van der Waals surface area (Å²) in [5.41, 5.74) is 1.47. The highest BCUT2D eigenvalue weighted by molar-refractivity contribution is 5.99. The number of para-hydroxylation sites is 1. The van der Waals surface area contributed by atoms with Crippen LogP contribution < -0.4 is 10.9 Å². The molecule has 2 heterocycles. The van der Waals surface area contributed by atoms with Crippen LogP contribution in [0.5, 0.6) is 0 Å². The number of nitrogens with one attached hydrogen (secondary N) is 1. The minimum Gasteiger partial charge on any atom is -0.422 e. The molecule has 1 aromatic carbocycles. The van der Waals surface area contributed by atoms with Crippen molar-refractivity contribution in [1.29, 1.82) is 0 Å². The third-order valence-electron chi connectivity index (χ3n) is 4.16. The molecule has 0 aliphatic carbocycles. The maximum absolute atomic E-state index is 12.4. The second-order valence-electron chi connectivity index (χ2n) is 6.27. The van der Waals surface area contributed by atoms with Gasteiger partial charge in [0.2, 0.25) is 0 Å². The second-order valence-corrected chi connectivity index (χ2v) is 6.27. The number of benzene rings is 1. The molecule has 0 aliphatic rings. The summed E-state index contributed by atoms with van der Waals surface area (Å²) in [6, 6.07) is 9.43. The summed E-state index contributed by atoms with van der Waals surface area (Å²) < 4.78 is 7.13. The van der Waals surface area contributed by atoms with E-state index in [1.54, 1.807) is 19.1 Å². The summed E-state index contributed by atoms with van der Waals surface area (Å²) in [5.74, 6) is -0.416. The van der Waals surface area contributed by atoms with Crippen molar-refractivity contribution in [2.24, 2.45) is 0 Å². The first-order chi connectivity index (χ1) is 12.0. The molecule has 0 unspecified atom stereocenters. The van der Waals surface area contributed by atoms with Gasteiger partial charge in [-0.05, 0) is 38.5 Å². The van der Waals surface area contributed by atoms with Gasteiger partial charge in [-0.3, -0.25) is 9.48 Å². The highest BCUT2D eigenvalue weighted by Gasteiger charge is 2.18. The zero-order chi connectivity index (χ0) is 18.0. The van der Waals surface area contributed by atoms with Gasteiger partial charge in [0, 0.05) is 30.6 Å². The lowest BCUT2D eigenvalue weighted by Gasteiger charge is -2.08. The SMILES string of the molecule is Cc1c(C(=O)NCCc2ccn(C(C)C)n2)c(=O)oc2ccccc12. The maximum atomic E-state index is 12.4. The van der Waals surface area contributed by atoms with Crippen molar-refractivity contribution in [2.45, 2.75) is 33.2 Å². The molecular formula is C19H21N3O3. The Balaban J connectivity index is 1.73. The molecule has 0 radical (unpaired) electrons. The minimum absolute atomic E-state index is 0.0615. The van der Waals surface area contributed by atoms with E-state index in [1.807, 2.05) is 29.1 Å². The van der Waals surface area contributed by atoms with E-state index in [2.05, 4.69) is 24.3 Å². The van der Waals surface area contributed by atoms with Crippen LogP contribution in [0.1, 0.15) is 41.5 Å². The van der Waals surface area contributed by atoms with Gasteiger partial charge in [0.1, 0.15) is 11.1 Å². The molecule has 0 atom stereocenters. The summed E-state index contributed by atoms with van der Waals surface area (Å²) >= 11 is 0. The zero-order valence-electron chi connectivity index (χ0n) is 14.6. The molecule has 3 aromatic rings. The van der Waals surface area contributed by atoms with Crippen LogP contribution in [0, 0.1) is 6.92 Å². The fourth-order valence-electron chi connectivity index (χ4n) is 2.76. The Morgan fingerprint density at radius 2 is 2.04 bits per heavy atom. The topological polar surface area (TPSA) is 77.1 Å². The van der Waals surface area contributed by atoms with E-state index >= 15 is 0 Å². The average Bonchev–Trinajstić information content (AvgIpc) is 3.04. The molecule has 25 heavy (non-hydrogen) atoms. The third-order valence-corrected chi connectivity index (χ3v) is 4.16. The van der Waals surface area contributed by atoms with Crippen LogP contribution in [0.4, 0.5) is 0 Å². The monoisotopic (exact) mass is 339 g/mol. The van der Waals surface area contributed by atoms with Crippen LogP contribution in [0.25, 0.3) is 11.0 Å². The fraction of sp³-hybridized carbons (Fsp3) is 0.316. The van der Waals surface area contributed by atoms with Gasteiger partial charge in [-0.1, -0.05) is 18.2 Å². The molecule has 1 amide bonds. The Morgan fingerprint density at radius 1 is 1.28 bits per heavy atom. The summed E-state index contributed by atoms with van der Waals surface area (Å²) in [7, 11) is 0. The summed E-state index contributed by atoms with van der Waals surface area (Å²) in [6.07, 6.45) is 2.52. The van der Waals surface area contributed by atoms with Crippen LogP contribution in [-0.4, -0.2) is 22.2 Å². The van der Waals surface area contributed by atoms with Gasteiger partial charge in [0.05, 0.1) is 5.69 Å². The number of amides is 1. The van der Waals surface area contributed by atoms with Crippen molar-refractivity contribution in [3.05, 3.63) is 63.8 Å². The van der Waals surface area contributed by atoms with Crippen molar-refractivity contribution in [3.8, 4) is 0 Å². The highest BCUT2D eigenvalue weighted by Crippen LogP contribution is 2.18. The molecule has 0 bridgehead atoms. The average molecular weight is 339 g/mol. The van der Waals surface area contributed by atoms with Gasteiger partial charge < -0.3 is 9.73 Å². The van der Waals surface area contributed by atoms with E-state index in [0.717, 1.165) is 11.1 Å². The molecule has 0 saturated heterocycles. The van der Waals surface area contributed by atoms with Gasteiger partial charge >= 0.3 is 5.63 Å². The van der Waals surface area contributed by atoms with Gasteiger partial charge in [-0.15, -0.1) is 0 Å². The molecule has 6 nitrogen and oxygen atoms in total. The van der Waals surface area contributed by atoms with Crippen LogP contribution in [-0.2, 0) is 6.42 Å². The lowest BCUT2D eigenvalue weighted by Crippen LogP contribution is -2.31. The molecule has 0 fully saturated rings. The zero-order valence-corrected chi connectivity index (χ0v) is 14.6. The van der Waals surface area contributed by atoms with Crippen molar-refractivity contribution < 1.29 is 9.21 Å². The highest BCUT2D eigenvalue weighted by atomic mass is 16.4. The van der Waals surface area contributed by atoms with Crippen LogP contribution in [0.3, 0.4) is 0 Å². The minimum atomic E-state index is -0.613. The molecule has 130 valence electrons. The van der Waals surface area contributed by atoms with Gasteiger partial charge in [0.25, 0.3) is 5.91 Å². The van der Waals surface area contributed by atoms with Gasteiger partial charge in [0.15, 0.2) is 0 Å². The lowest BCUT2D eigenvalue weighted by molar-refractivity contribution is 0.0950. The van der Waals surface area contributed by atoms with Crippen LogP contribution >= 0.6 is 0 Å². The lowest BCUT2D eigenvalue weighted by atomic mass is 10.1. The largest absolute Gasteiger partial charge is 0.422 e. The number of hydrogen-bond acceptors (Lipinski definition) is 4. The van der Waals surface area contributed by atoms with E-state index in [9.17, 15) is 9.59 Å². The molecule has 0 aliphatic heterocycles. The second kappa shape index (κ2) is 6.93. The normalized spacial score (nSPS) is 11.2. The summed E-state index contributed by atoms with van der Waals surface area (Å²) in [5, 5.41) is 7.99. The predicted molar refractivity (Wildman–Crippen MR) is 95.9 cm³/mol. The van der Waals surface area contributed by atoms with Gasteiger partial charge in [-0.2, -0.15) is 5.10 Å². The Morgan fingerprint density at radius 3 is 2.76 bits per heavy atom. The van der Waals surface area contributed by atoms with Crippen LogP contribution in [0.2, 0.25) is 0 Å². The Bertz CT molecular complexity index is 969. The maximum Gasteiger partial charge on any atom is 0.349 e. The Kier molecular flexibility index (Phi) is 4.70. The molecular weight excluding hydrogens is 318 g/mol. The molecule has 0 saturated carbocycles. The first-order valence-corrected chi connectivity index (χ1v) is 8.32. The summed E-state index contributed by atoms with van der Waals surface area (Å²) in [6.45, 7) is 6.28. The number of hydrogen-bond donors (Lipinski definition) is 1. The van der Waals surface area contributed by atoms with Crippen molar-refractivity contribution in [1.82, 2.24) is 15.1 Å². The quantitative estimate of drug-likeness (QED) is 0.725. The Hall–Kier alpha value is -2.89. The molecule has 3 rings (SSSR count). The number of rotatable bonds is 5. The molecule has 0 spiro atoms. The fourth-order valence-corrected chi connectivity index (χ4v) is 2.76. The van der Waals surface area contributed by atoms with E-state index in [0.29, 0.717) is 30.2 Å². The van der Waals surface area contributed by atoms with Gasteiger partial charge in [-0.25, -0.2) is 4.79 Å². The predicted octanol–water partition coefficient (Wildman–Crippen LogP) is 2.85. The smallest absolute Gasteiger partial charge is 0.349 e. The van der Waals surface area contributed by atoms with E-state index in [4.69, 9.17) is 4.42 Å².